The minimum atomic E-state index is -0.133. The van der Waals surface area contributed by atoms with Crippen molar-refractivity contribution < 1.29 is 19.4 Å². The highest BCUT2D eigenvalue weighted by Gasteiger charge is 2.30. The van der Waals surface area contributed by atoms with Gasteiger partial charge in [0.05, 0.1) is 13.2 Å². The maximum absolute atomic E-state index is 12.3. The van der Waals surface area contributed by atoms with Crippen LogP contribution in [-0.2, 0) is 4.79 Å². The van der Waals surface area contributed by atoms with Crippen LogP contribution in [0.3, 0.4) is 0 Å². The van der Waals surface area contributed by atoms with Crippen molar-refractivity contribution in [3.8, 4) is 17.2 Å². The smallest absolute Gasteiger partial charge is 0.225 e. The van der Waals surface area contributed by atoms with Gasteiger partial charge >= 0.3 is 0 Å². The van der Waals surface area contributed by atoms with Crippen molar-refractivity contribution >= 4 is 11.6 Å². The van der Waals surface area contributed by atoms with Crippen LogP contribution in [0.5, 0.6) is 17.2 Å². The third-order valence-electron chi connectivity index (χ3n) is 5.28. The first-order chi connectivity index (χ1) is 12.7. The molecule has 1 heterocycles. The molecule has 1 aliphatic carbocycles. The van der Waals surface area contributed by atoms with Crippen LogP contribution in [0, 0.1) is 0 Å². The lowest BCUT2D eigenvalue weighted by atomic mass is 9.84. The molecule has 1 atom stereocenters. The summed E-state index contributed by atoms with van der Waals surface area (Å²) in [6.45, 7) is 0. The van der Waals surface area contributed by atoms with Gasteiger partial charge in [0.25, 0.3) is 0 Å². The normalized spacial score (nSPS) is 19.7. The first-order valence-corrected chi connectivity index (χ1v) is 9.12. The number of fused-ring (bicyclic) bond motifs is 1. The van der Waals surface area contributed by atoms with Gasteiger partial charge in [-0.25, -0.2) is 0 Å². The Bertz CT molecular complexity index is 827. The number of carbonyl (C=O) groups is 1. The van der Waals surface area contributed by atoms with Crippen molar-refractivity contribution in [1.29, 1.82) is 0 Å². The Hall–Kier alpha value is -2.69. The number of carbonyl (C=O) groups excluding carboxylic acids is 1. The van der Waals surface area contributed by atoms with E-state index in [0.717, 1.165) is 29.7 Å². The van der Waals surface area contributed by atoms with Crippen molar-refractivity contribution in [3.05, 3.63) is 47.5 Å². The molecular formula is C21H23NO4. The van der Waals surface area contributed by atoms with E-state index in [1.807, 2.05) is 24.3 Å². The van der Waals surface area contributed by atoms with E-state index < -0.39 is 0 Å². The summed E-state index contributed by atoms with van der Waals surface area (Å²) in [4.78, 5) is 12.3. The number of benzene rings is 2. The molecule has 1 aliphatic heterocycles. The fourth-order valence-corrected chi connectivity index (χ4v) is 3.98. The number of aromatic hydroxyl groups is 1. The third kappa shape index (κ3) is 3.09. The van der Waals surface area contributed by atoms with E-state index in [1.54, 1.807) is 12.1 Å². The van der Waals surface area contributed by atoms with Gasteiger partial charge < -0.3 is 19.9 Å². The SMILES string of the molecule is COc1cc2c(cc1O)NC(=O)CC2c1ccccc1OC1CCCC1. The molecule has 5 heteroatoms. The second-order valence-corrected chi connectivity index (χ2v) is 6.98. The van der Waals surface area contributed by atoms with Gasteiger partial charge in [0, 0.05) is 29.7 Å². The fraction of sp³-hybridized carbons (Fsp3) is 0.381. The van der Waals surface area contributed by atoms with Crippen molar-refractivity contribution in [2.24, 2.45) is 0 Å². The Balaban J connectivity index is 1.75. The number of hydrogen-bond donors (Lipinski definition) is 2. The largest absolute Gasteiger partial charge is 0.504 e. The van der Waals surface area contributed by atoms with Gasteiger partial charge in [0.1, 0.15) is 5.75 Å². The zero-order chi connectivity index (χ0) is 18.1. The maximum atomic E-state index is 12.3. The van der Waals surface area contributed by atoms with Gasteiger partial charge in [-0.3, -0.25) is 4.79 Å². The van der Waals surface area contributed by atoms with Gasteiger partial charge in [0.2, 0.25) is 5.91 Å². The van der Waals surface area contributed by atoms with E-state index >= 15 is 0 Å². The van der Waals surface area contributed by atoms with E-state index in [4.69, 9.17) is 9.47 Å². The highest BCUT2D eigenvalue weighted by Crippen LogP contribution is 2.45. The molecule has 2 aromatic rings. The molecule has 2 aliphatic rings. The lowest BCUT2D eigenvalue weighted by molar-refractivity contribution is -0.116. The molecule has 0 bridgehead atoms. The second-order valence-electron chi connectivity index (χ2n) is 6.98. The topological polar surface area (TPSA) is 67.8 Å². The molecule has 2 aromatic carbocycles. The summed E-state index contributed by atoms with van der Waals surface area (Å²) in [5, 5.41) is 12.9. The molecule has 0 saturated heterocycles. The van der Waals surface area contributed by atoms with E-state index in [1.165, 1.54) is 20.0 Å². The average molecular weight is 353 g/mol. The Morgan fingerprint density at radius 1 is 1.08 bits per heavy atom. The van der Waals surface area contributed by atoms with E-state index in [0.29, 0.717) is 17.9 Å². The Kier molecular flexibility index (Phi) is 4.45. The van der Waals surface area contributed by atoms with Crippen LogP contribution < -0.4 is 14.8 Å². The number of nitrogens with one attached hydrogen (secondary N) is 1. The number of anilines is 1. The highest BCUT2D eigenvalue weighted by molar-refractivity contribution is 5.96. The van der Waals surface area contributed by atoms with Crippen LogP contribution in [0.2, 0.25) is 0 Å². The van der Waals surface area contributed by atoms with E-state index in [-0.39, 0.29) is 23.7 Å². The van der Waals surface area contributed by atoms with Crippen LogP contribution >= 0.6 is 0 Å². The zero-order valence-corrected chi connectivity index (χ0v) is 14.8. The minimum Gasteiger partial charge on any atom is -0.504 e. The molecule has 2 N–H and O–H groups in total. The first kappa shape index (κ1) is 16.8. The molecule has 5 nitrogen and oxygen atoms in total. The molecule has 0 aromatic heterocycles. The predicted octanol–water partition coefficient (Wildman–Crippen LogP) is 4.20. The molecule has 4 rings (SSSR count). The van der Waals surface area contributed by atoms with Crippen LogP contribution in [0.1, 0.15) is 49.1 Å². The van der Waals surface area contributed by atoms with E-state index in [2.05, 4.69) is 5.32 Å². The third-order valence-corrected chi connectivity index (χ3v) is 5.28. The van der Waals surface area contributed by atoms with Gasteiger partial charge in [-0.05, 0) is 43.4 Å². The van der Waals surface area contributed by atoms with Gasteiger partial charge in [0.15, 0.2) is 11.5 Å². The van der Waals surface area contributed by atoms with Crippen LogP contribution in [0.4, 0.5) is 5.69 Å². The quantitative estimate of drug-likeness (QED) is 0.864. The Morgan fingerprint density at radius 2 is 1.85 bits per heavy atom. The number of amides is 1. The standard InChI is InChI=1S/C21H23NO4/c1-25-20-10-16-15(11-21(24)22-17(16)12-18(20)23)14-8-4-5-9-19(14)26-13-6-2-3-7-13/h4-5,8-10,12-13,15,23H,2-3,6-7,11H2,1H3,(H,22,24). The lowest BCUT2D eigenvalue weighted by Gasteiger charge is -2.28. The molecule has 26 heavy (non-hydrogen) atoms. The highest BCUT2D eigenvalue weighted by atomic mass is 16.5. The van der Waals surface area contributed by atoms with Crippen LogP contribution in [-0.4, -0.2) is 24.2 Å². The molecular weight excluding hydrogens is 330 g/mol. The number of ether oxygens (including phenoxy) is 2. The number of methoxy groups -OCH3 is 1. The van der Waals surface area contributed by atoms with Crippen molar-refractivity contribution in [3.63, 3.8) is 0 Å². The summed E-state index contributed by atoms with van der Waals surface area (Å²) in [6, 6.07) is 11.3. The van der Waals surface area contributed by atoms with E-state index in [9.17, 15) is 9.90 Å². The Morgan fingerprint density at radius 3 is 2.62 bits per heavy atom. The second kappa shape index (κ2) is 6.90. The molecule has 0 spiro atoms. The molecule has 136 valence electrons. The number of phenols is 1. The summed E-state index contributed by atoms with van der Waals surface area (Å²) in [5.41, 5.74) is 2.56. The molecule has 1 saturated carbocycles. The summed E-state index contributed by atoms with van der Waals surface area (Å²) in [7, 11) is 1.52. The van der Waals surface area contributed by atoms with Crippen LogP contribution in [0.15, 0.2) is 36.4 Å². The van der Waals surface area contributed by atoms with Crippen LogP contribution in [0.25, 0.3) is 0 Å². The van der Waals surface area contributed by atoms with Gasteiger partial charge in [-0.2, -0.15) is 0 Å². The predicted molar refractivity (Wildman–Crippen MR) is 99.1 cm³/mol. The summed E-state index contributed by atoms with van der Waals surface area (Å²) < 4.78 is 11.5. The summed E-state index contributed by atoms with van der Waals surface area (Å²) in [6.07, 6.45) is 5.17. The lowest BCUT2D eigenvalue weighted by Crippen LogP contribution is -2.24. The van der Waals surface area contributed by atoms with Crippen molar-refractivity contribution in [1.82, 2.24) is 0 Å². The van der Waals surface area contributed by atoms with Gasteiger partial charge in [-0.1, -0.05) is 18.2 Å². The molecule has 1 fully saturated rings. The minimum absolute atomic E-state index is 0.0164. The fourth-order valence-electron chi connectivity index (χ4n) is 3.98. The number of rotatable bonds is 4. The number of para-hydroxylation sites is 1. The Labute approximate surface area is 152 Å². The van der Waals surface area contributed by atoms with Crippen molar-refractivity contribution in [2.75, 3.05) is 12.4 Å². The molecule has 1 amide bonds. The zero-order valence-electron chi connectivity index (χ0n) is 14.8. The average Bonchev–Trinajstić information content (AvgIpc) is 3.14. The summed E-state index contributed by atoms with van der Waals surface area (Å²) >= 11 is 0. The van der Waals surface area contributed by atoms with Crippen molar-refractivity contribution in [2.45, 2.75) is 44.1 Å². The number of phenolic OH excluding ortho intramolecular Hbond substituents is 1. The summed E-state index contributed by atoms with van der Waals surface area (Å²) in [5.74, 6) is 1.06. The van der Waals surface area contributed by atoms with Gasteiger partial charge in [-0.15, -0.1) is 0 Å². The first-order valence-electron chi connectivity index (χ1n) is 9.12. The molecule has 1 unspecified atom stereocenters. The molecule has 0 radical (unpaired) electrons. The monoisotopic (exact) mass is 353 g/mol. The number of hydrogen-bond acceptors (Lipinski definition) is 4. The maximum Gasteiger partial charge on any atom is 0.225 e.